The standard InChI is InChI=1S/C19H15F3N6/c1-11-25-18-15(3-2-8-24-18)28(11)17-10-13(23)9-16(27-17)26-14-6-4-12(5-7-14)19(20,21)22/h2-10H,1H3,(H3,23,26,27). The highest BCUT2D eigenvalue weighted by Crippen LogP contribution is 2.30. The Labute approximate surface area is 157 Å². The molecule has 3 aromatic heterocycles. The van der Waals surface area contributed by atoms with Crippen molar-refractivity contribution in [3.8, 4) is 5.82 Å². The van der Waals surface area contributed by atoms with Crippen molar-refractivity contribution >= 4 is 28.4 Å². The molecule has 0 saturated heterocycles. The molecule has 0 atom stereocenters. The van der Waals surface area contributed by atoms with Gasteiger partial charge in [-0.15, -0.1) is 0 Å². The number of hydrogen-bond donors (Lipinski definition) is 2. The topological polar surface area (TPSA) is 81.7 Å². The molecule has 4 rings (SSSR count). The van der Waals surface area contributed by atoms with Crippen molar-refractivity contribution in [2.45, 2.75) is 13.1 Å². The average molecular weight is 384 g/mol. The summed E-state index contributed by atoms with van der Waals surface area (Å²) in [6, 6.07) is 11.7. The van der Waals surface area contributed by atoms with Crippen molar-refractivity contribution in [3.63, 3.8) is 0 Å². The van der Waals surface area contributed by atoms with Gasteiger partial charge in [-0.25, -0.2) is 15.0 Å². The first-order valence-electron chi connectivity index (χ1n) is 8.33. The van der Waals surface area contributed by atoms with Crippen molar-refractivity contribution in [3.05, 3.63) is 66.1 Å². The lowest BCUT2D eigenvalue weighted by Crippen LogP contribution is -2.06. The Bertz CT molecular complexity index is 1150. The second-order valence-corrected chi connectivity index (χ2v) is 6.18. The predicted molar refractivity (Wildman–Crippen MR) is 101 cm³/mol. The lowest BCUT2D eigenvalue weighted by molar-refractivity contribution is -0.137. The van der Waals surface area contributed by atoms with Crippen LogP contribution in [0.4, 0.5) is 30.4 Å². The van der Waals surface area contributed by atoms with Crippen molar-refractivity contribution in [1.29, 1.82) is 0 Å². The smallest absolute Gasteiger partial charge is 0.399 e. The fourth-order valence-corrected chi connectivity index (χ4v) is 2.92. The number of anilines is 3. The maximum absolute atomic E-state index is 12.7. The second-order valence-electron chi connectivity index (χ2n) is 6.18. The van der Waals surface area contributed by atoms with Crippen LogP contribution in [-0.4, -0.2) is 19.5 Å². The number of fused-ring (bicyclic) bond motifs is 1. The van der Waals surface area contributed by atoms with Crippen LogP contribution < -0.4 is 11.1 Å². The van der Waals surface area contributed by atoms with Crippen LogP contribution in [0.25, 0.3) is 17.0 Å². The highest BCUT2D eigenvalue weighted by Gasteiger charge is 2.29. The van der Waals surface area contributed by atoms with E-state index in [-0.39, 0.29) is 0 Å². The molecular formula is C19H15F3N6. The molecule has 9 heteroatoms. The van der Waals surface area contributed by atoms with Gasteiger partial charge in [-0.05, 0) is 43.3 Å². The molecule has 0 fully saturated rings. The molecule has 142 valence electrons. The van der Waals surface area contributed by atoms with Crippen molar-refractivity contribution in [2.24, 2.45) is 0 Å². The highest BCUT2D eigenvalue weighted by atomic mass is 19.4. The predicted octanol–water partition coefficient (Wildman–Crippen LogP) is 4.47. The van der Waals surface area contributed by atoms with Gasteiger partial charge in [0.1, 0.15) is 17.5 Å². The third kappa shape index (κ3) is 3.34. The molecule has 0 aliphatic heterocycles. The number of nitrogens with two attached hydrogens (primary N) is 1. The normalized spacial score (nSPS) is 11.7. The Morgan fingerprint density at radius 3 is 2.50 bits per heavy atom. The zero-order chi connectivity index (χ0) is 19.9. The first-order valence-corrected chi connectivity index (χ1v) is 8.33. The van der Waals surface area contributed by atoms with Crippen LogP contribution in [0.15, 0.2) is 54.7 Å². The van der Waals surface area contributed by atoms with Gasteiger partial charge >= 0.3 is 6.18 Å². The van der Waals surface area contributed by atoms with Crippen LogP contribution in [0.5, 0.6) is 0 Å². The van der Waals surface area contributed by atoms with E-state index in [9.17, 15) is 13.2 Å². The third-order valence-electron chi connectivity index (χ3n) is 4.15. The van der Waals surface area contributed by atoms with Gasteiger partial charge in [0.2, 0.25) is 0 Å². The van der Waals surface area contributed by atoms with E-state index in [1.54, 1.807) is 24.4 Å². The number of rotatable bonds is 3. The number of halogens is 3. The molecule has 0 saturated carbocycles. The number of aryl methyl sites for hydroxylation is 1. The van der Waals surface area contributed by atoms with Gasteiger partial charge < -0.3 is 11.1 Å². The van der Waals surface area contributed by atoms with Crippen LogP contribution in [0.3, 0.4) is 0 Å². The Balaban J connectivity index is 1.71. The molecule has 4 aromatic rings. The van der Waals surface area contributed by atoms with Crippen LogP contribution in [0.1, 0.15) is 11.4 Å². The fourth-order valence-electron chi connectivity index (χ4n) is 2.92. The van der Waals surface area contributed by atoms with E-state index in [0.29, 0.717) is 34.5 Å². The summed E-state index contributed by atoms with van der Waals surface area (Å²) < 4.78 is 40.0. The maximum atomic E-state index is 12.7. The quantitative estimate of drug-likeness (QED) is 0.545. The zero-order valence-corrected chi connectivity index (χ0v) is 14.7. The van der Waals surface area contributed by atoms with Gasteiger partial charge in [0.15, 0.2) is 5.65 Å². The Kier molecular flexibility index (Phi) is 4.14. The summed E-state index contributed by atoms with van der Waals surface area (Å²) in [6.45, 7) is 1.83. The first-order chi connectivity index (χ1) is 13.3. The maximum Gasteiger partial charge on any atom is 0.416 e. The molecule has 28 heavy (non-hydrogen) atoms. The van der Waals surface area contributed by atoms with E-state index in [1.807, 2.05) is 17.6 Å². The van der Waals surface area contributed by atoms with E-state index in [1.165, 1.54) is 12.1 Å². The number of pyridine rings is 2. The highest BCUT2D eigenvalue weighted by molar-refractivity contribution is 5.74. The number of hydrogen-bond acceptors (Lipinski definition) is 5. The molecular weight excluding hydrogens is 369 g/mol. The Morgan fingerprint density at radius 2 is 1.79 bits per heavy atom. The number of nitrogen functional groups attached to an aromatic ring is 1. The summed E-state index contributed by atoms with van der Waals surface area (Å²) in [5, 5.41) is 2.99. The van der Waals surface area contributed by atoms with Crippen molar-refractivity contribution in [1.82, 2.24) is 19.5 Å². The average Bonchev–Trinajstić information content (AvgIpc) is 2.96. The number of aromatic nitrogens is 4. The van der Waals surface area contributed by atoms with E-state index in [0.717, 1.165) is 17.6 Å². The summed E-state index contributed by atoms with van der Waals surface area (Å²) in [7, 11) is 0. The number of nitrogens with one attached hydrogen (secondary N) is 1. The van der Waals surface area contributed by atoms with Crippen LogP contribution in [0, 0.1) is 6.92 Å². The van der Waals surface area contributed by atoms with Gasteiger partial charge in [0, 0.05) is 29.7 Å². The largest absolute Gasteiger partial charge is 0.416 e. The molecule has 1 aromatic carbocycles. The first kappa shape index (κ1) is 17.8. The lowest BCUT2D eigenvalue weighted by Gasteiger charge is -2.12. The molecule has 0 unspecified atom stereocenters. The van der Waals surface area contributed by atoms with Gasteiger partial charge in [0.25, 0.3) is 0 Å². The summed E-state index contributed by atoms with van der Waals surface area (Å²) in [6.07, 6.45) is -2.72. The minimum absolute atomic E-state index is 0.403. The third-order valence-corrected chi connectivity index (χ3v) is 4.15. The number of nitrogens with zero attached hydrogens (tertiary/aromatic N) is 4. The van der Waals surface area contributed by atoms with Gasteiger partial charge in [-0.2, -0.15) is 13.2 Å². The fraction of sp³-hybridized carbons (Fsp3) is 0.105. The van der Waals surface area contributed by atoms with E-state index in [4.69, 9.17) is 5.73 Å². The van der Waals surface area contributed by atoms with Gasteiger partial charge in [-0.3, -0.25) is 4.57 Å². The van der Waals surface area contributed by atoms with Crippen LogP contribution >= 0.6 is 0 Å². The number of alkyl halides is 3. The minimum Gasteiger partial charge on any atom is -0.399 e. The van der Waals surface area contributed by atoms with E-state index >= 15 is 0 Å². The summed E-state index contributed by atoms with van der Waals surface area (Å²) in [4.78, 5) is 13.2. The van der Waals surface area contributed by atoms with E-state index in [2.05, 4.69) is 20.3 Å². The van der Waals surface area contributed by atoms with Crippen LogP contribution in [0.2, 0.25) is 0 Å². The SMILES string of the molecule is Cc1nc2ncccc2n1-c1cc(N)cc(Nc2ccc(C(F)(F)F)cc2)n1. The minimum atomic E-state index is -4.38. The summed E-state index contributed by atoms with van der Waals surface area (Å²) >= 11 is 0. The van der Waals surface area contributed by atoms with Crippen molar-refractivity contribution < 1.29 is 13.2 Å². The molecule has 0 amide bonds. The molecule has 0 aliphatic carbocycles. The van der Waals surface area contributed by atoms with E-state index < -0.39 is 11.7 Å². The van der Waals surface area contributed by atoms with Crippen LogP contribution in [-0.2, 0) is 6.18 Å². The summed E-state index contributed by atoms with van der Waals surface area (Å²) in [5.41, 5.74) is 7.57. The molecule has 3 heterocycles. The molecule has 0 bridgehead atoms. The number of benzene rings is 1. The Hall–Kier alpha value is -3.62. The molecule has 0 spiro atoms. The number of imidazole rings is 1. The zero-order valence-electron chi connectivity index (χ0n) is 14.7. The monoisotopic (exact) mass is 384 g/mol. The molecule has 3 N–H and O–H groups in total. The van der Waals surface area contributed by atoms with Crippen molar-refractivity contribution in [2.75, 3.05) is 11.1 Å². The molecule has 0 aliphatic rings. The summed E-state index contributed by atoms with van der Waals surface area (Å²) in [5.74, 6) is 1.62. The Morgan fingerprint density at radius 1 is 1.04 bits per heavy atom. The van der Waals surface area contributed by atoms with Gasteiger partial charge in [-0.1, -0.05) is 0 Å². The molecule has 0 radical (unpaired) electrons. The van der Waals surface area contributed by atoms with Gasteiger partial charge in [0.05, 0.1) is 11.1 Å². The molecule has 6 nitrogen and oxygen atoms in total. The lowest BCUT2D eigenvalue weighted by atomic mass is 10.2. The second kappa shape index (κ2) is 6.52.